The van der Waals surface area contributed by atoms with Gasteiger partial charge in [0.15, 0.2) is 11.4 Å². The minimum Gasteiger partial charge on any atom is -0.423 e. The molecule has 0 amide bonds. The van der Waals surface area contributed by atoms with Crippen LogP contribution in [0.5, 0.6) is 0 Å². The largest absolute Gasteiger partial charge is 0.423 e. The van der Waals surface area contributed by atoms with Crippen LogP contribution in [0, 0.1) is 0 Å². The van der Waals surface area contributed by atoms with Gasteiger partial charge >= 0.3 is 6.01 Å². The number of imidazole rings is 1. The third-order valence-corrected chi connectivity index (χ3v) is 4.32. The Bertz CT molecular complexity index is 1060. The van der Waals surface area contributed by atoms with Gasteiger partial charge in [-0.1, -0.05) is 12.1 Å². The number of rotatable bonds is 6. The van der Waals surface area contributed by atoms with Crippen LogP contribution in [0.3, 0.4) is 0 Å². The number of hydrogen-bond acceptors (Lipinski definition) is 6. The Balaban J connectivity index is 1.65. The maximum atomic E-state index is 12.2. The molecule has 2 aromatic carbocycles. The molecule has 7 nitrogen and oxygen atoms in total. The quantitative estimate of drug-likeness (QED) is 0.518. The lowest BCUT2D eigenvalue weighted by molar-refractivity contribution is 0.0981. The van der Waals surface area contributed by atoms with Crippen LogP contribution in [-0.2, 0) is 7.05 Å². The number of nitrogens with one attached hydrogen (secondary N) is 1. The molecule has 3 N–H and O–H groups in total. The topological polar surface area (TPSA) is 99.0 Å². The average molecular weight is 349 g/mol. The molecule has 2 aromatic heterocycles. The Kier molecular flexibility index (Phi) is 4.14. The van der Waals surface area contributed by atoms with E-state index in [1.165, 1.54) is 0 Å². The van der Waals surface area contributed by atoms with Gasteiger partial charge in [0.05, 0.1) is 11.0 Å². The molecular weight excluding hydrogens is 330 g/mol. The number of para-hydroxylation sites is 2. The number of fused-ring (bicyclic) bond motifs is 2. The number of hydrogen-bond donors (Lipinski definition) is 2. The predicted molar refractivity (Wildman–Crippen MR) is 101 cm³/mol. The molecule has 0 unspecified atom stereocenters. The second kappa shape index (κ2) is 6.61. The first kappa shape index (κ1) is 16.3. The standard InChI is InChI=1S/C19H19N5O2/c1-24-15-9-8-12(16(25)6-4-10-20)11-14(15)21-18(24)23-19-22-13-5-2-3-7-17(13)26-19/h2-3,5,7-9,11H,4,6,10,20H2,1H3,(H,21,22,23). The molecule has 0 saturated carbocycles. The lowest BCUT2D eigenvalue weighted by atomic mass is 10.1. The normalized spacial score (nSPS) is 11.3. The van der Waals surface area contributed by atoms with Gasteiger partial charge in [-0.3, -0.25) is 10.1 Å². The summed E-state index contributed by atoms with van der Waals surface area (Å²) in [5, 5.41) is 3.11. The lowest BCUT2D eigenvalue weighted by Crippen LogP contribution is -2.04. The fourth-order valence-corrected chi connectivity index (χ4v) is 2.91. The highest BCUT2D eigenvalue weighted by atomic mass is 16.4. The first-order valence-electron chi connectivity index (χ1n) is 8.48. The Labute approximate surface area is 149 Å². The molecule has 0 radical (unpaired) electrons. The minimum absolute atomic E-state index is 0.0801. The van der Waals surface area contributed by atoms with Crippen molar-refractivity contribution in [2.75, 3.05) is 11.9 Å². The molecule has 0 fully saturated rings. The van der Waals surface area contributed by atoms with Gasteiger partial charge in [-0.15, -0.1) is 0 Å². The van der Waals surface area contributed by atoms with Crippen LogP contribution < -0.4 is 11.1 Å². The molecule has 132 valence electrons. The zero-order valence-electron chi connectivity index (χ0n) is 14.4. The number of Topliss-reactive ketones (excluding diaryl/α,β-unsaturated/α-hetero) is 1. The van der Waals surface area contributed by atoms with Crippen molar-refractivity contribution in [2.24, 2.45) is 12.8 Å². The van der Waals surface area contributed by atoms with Crippen LogP contribution in [0.15, 0.2) is 46.9 Å². The first-order chi connectivity index (χ1) is 12.7. The number of nitrogens with zero attached hydrogens (tertiary/aromatic N) is 3. The van der Waals surface area contributed by atoms with E-state index in [1.807, 2.05) is 54.1 Å². The van der Waals surface area contributed by atoms with Crippen molar-refractivity contribution in [3.05, 3.63) is 48.0 Å². The van der Waals surface area contributed by atoms with Gasteiger partial charge in [-0.2, -0.15) is 4.98 Å². The SMILES string of the molecule is Cn1c(Nc2nc3ccccc3o2)nc2cc(C(=O)CCCN)ccc21. The smallest absolute Gasteiger partial charge is 0.302 e. The van der Waals surface area contributed by atoms with Gasteiger partial charge in [-0.05, 0) is 43.3 Å². The molecule has 4 aromatic rings. The molecule has 0 atom stereocenters. The van der Waals surface area contributed by atoms with E-state index in [0.717, 1.165) is 16.6 Å². The van der Waals surface area contributed by atoms with E-state index in [4.69, 9.17) is 10.2 Å². The first-order valence-corrected chi connectivity index (χ1v) is 8.48. The fourth-order valence-electron chi connectivity index (χ4n) is 2.91. The molecule has 4 rings (SSSR count). The predicted octanol–water partition coefficient (Wildman–Crippen LogP) is 3.38. The van der Waals surface area contributed by atoms with E-state index < -0.39 is 0 Å². The molecule has 0 bridgehead atoms. The van der Waals surface area contributed by atoms with Crippen molar-refractivity contribution in [2.45, 2.75) is 12.8 Å². The highest BCUT2D eigenvalue weighted by Crippen LogP contribution is 2.25. The molecule has 0 aliphatic rings. The number of oxazole rings is 1. The van der Waals surface area contributed by atoms with E-state index in [2.05, 4.69) is 15.3 Å². The molecule has 7 heteroatoms. The molecule has 26 heavy (non-hydrogen) atoms. The number of carbonyl (C=O) groups is 1. The van der Waals surface area contributed by atoms with Crippen LogP contribution >= 0.6 is 0 Å². The minimum atomic E-state index is 0.0801. The van der Waals surface area contributed by atoms with Crippen LogP contribution in [0.25, 0.3) is 22.1 Å². The van der Waals surface area contributed by atoms with Gasteiger partial charge in [-0.25, -0.2) is 4.98 Å². The summed E-state index contributed by atoms with van der Waals surface area (Å²) in [5.41, 5.74) is 9.27. The number of carbonyl (C=O) groups excluding carboxylic acids is 1. The zero-order valence-corrected chi connectivity index (χ0v) is 14.4. The number of aryl methyl sites for hydroxylation is 1. The molecule has 0 spiro atoms. The van der Waals surface area contributed by atoms with Crippen LogP contribution in [0.4, 0.5) is 12.0 Å². The van der Waals surface area contributed by atoms with Gasteiger partial charge < -0.3 is 14.7 Å². The molecular formula is C19H19N5O2. The van der Waals surface area contributed by atoms with Crippen molar-refractivity contribution in [3.8, 4) is 0 Å². The zero-order chi connectivity index (χ0) is 18.1. The van der Waals surface area contributed by atoms with Crippen LogP contribution in [-0.4, -0.2) is 26.9 Å². The number of anilines is 2. The van der Waals surface area contributed by atoms with E-state index in [0.29, 0.717) is 42.5 Å². The van der Waals surface area contributed by atoms with Crippen molar-refractivity contribution in [1.29, 1.82) is 0 Å². The summed E-state index contributed by atoms with van der Waals surface area (Å²) in [6, 6.07) is 13.5. The molecule has 0 saturated heterocycles. The Morgan fingerprint density at radius 1 is 1.19 bits per heavy atom. The summed E-state index contributed by atoms with van der Waals surface area (Å²) in [6.07, 6.45) is 1.13. The van der Waals surface area contributed by atoms with E-state index in [9.17, 15) is 4.79 Å². The van der Waals surface area contributed by atoms with Gasteiger partial charge in [0.1, 0.15) is 5.52 Å². The number of nitrogens with two attached hydrogens (primary N) is 1. The fraction of sp³-hybridized carbons (Fsp3) is 0.211. The summed E-state index contributed by atoms with van der Waals surface area (Å²) < 4.78 is 7.59. The third kappa shape index (κ3) is 2.93. The van der Waals surface area contributed by atoms with Crippen molar-refractivity contribution < 1.29 is 9.21 Å². The van der Waals surface area contributed by atoms with E-state index in [-0.39, 0.29) is 5.78 Å². The van der Waals surface area contributed by atoms with E-state index in [1.54, 1.807) is 0 Å². The Morgan fingerprint density at radius 2 is 2.04 bits per heavy atom. The summed E-state index contributed by atoms with van der Waals surface area (Å²) in [6.45, 7) is 0.510. The monoisotopic (exact) mass is 349 g/mol. The summed E-state index contributed by atoms with van der Waals surface area (Å²) in [7, 11) is 1.90. The second-order valence-corrected chi connectivity index (χ2v) is 6.13. The molecule has 0 aliphatic carbocycles. The maximum absolute atomic E-state index is 12.2. The van der Waals surface area contributed by atoms with Gasteiger partial charge in [0, 0.05) is 19.0 Å². The van der Waals surface area contributed by atoms with Gasteiger partial charge in [0.2, 0.25) is 5.95 Å². The highest BCUT2D eigenvalue weighted by Gasteiger charge is 2.13. The Morgan fingerprint density at radius 3 is 2.85 bits per heavy atom. The van der Waals surface area contributed by atoms with Gasteiger partial charge in [0.25, 0.3) is 0 Å². The van der Waals surface area contributed by atoms with E-state index >= 15 is 0 Å². The summed E-state index contributed by atoms with van der Waals surface area (Å²) in [5.74, 6) is 0.676. The number of benzene rings is 2. The number of aromatic nitrogens is 3. The summed E-state index contributed by atoms with van der Waals surface area (Å²) >= 11 is 0. The Hall–Kier alpha value is -3.19. The highest BCUT2D eigenvalue weighted by molar-refractivity contribution is 5.99. The van der Waals surface area contributed by atoms with Crippen molar-refractivity contribution >= 4 is 39.9 Å². The summed E-state index contributed by atoms with van der Waals surface area (Å²) in [4.78, 5) is 21.2. The van der Waals surface area contributed by atoms with Crippen molar-refractivity contribution in [1.82, 2.24) is 14.5 Å². The lowest BCUT2D eigenvalue weighted by Gasteiger charge is -2.02. The maximum Gasteiger partial charge on any atom is 0.302 e. The average Bonchev–Trinajstić information content (AvgIpc) is 3.20. The van der Waals surface area contributed by atoms with Crippen LogP contribution in [0.2, 0.25) is 0 Å². The van der Waals surface area contributed by atoms with Crippen molar-refractivity contribution in [3.63, 3.8) is 0 Å². The van der Waals surface area contributed by atoms with Crippen LogP contribution in [0.1, 0.15) is 23.2 Å². The second-order valence-electron chi connectivity index (χ2n) is 6.13. The molecule has 0 aliphatic heterocycles. The third-order valence-electron chi connectivity index (χ3n) is 4.32. The number of ketones is 1. The molecule has 2 heterocycles.